The number of hydrogen-bond acceptors (Lipinski definition) is 4. The van der Waals surface area contributed by atoms with Crippen molar-refractivity contribution < 1.29 is 4.74 Å². The van der Waals surface area contributed by atoms with Gasteiger partial charge >= 0.3 is 0 Å². The van der Waals surface area contributed by atoms with E-state index in [0.717, 1.165) is 18.1 Å². The Morgan fingerprint density at radius 2 is 2.11 bits per heavy atom. The Morgan fingerprint density at radius 3 is 2.78 bits per heavy atom. The molecular formula is C13H24N4O. The number of nitrogens with zero attached hydrogens (tertiary/aromatic N) is 3. The number of aromatic nitrogens is 3. The molecule has 1 aromatic heterocycles. The number of hydrogen-bond donors (Lipinski definition) is 1. The molecule has 1 atom stereocenters. The first-order chi connectivity index (χ1) is 8.72. The molecule has 0 bridgehead atoms. The Hall–Kier alpha value is -0.940. The van der Waals surface area contributed by atoms with Gasteiger partial charge in [-0.3, -0.25) is 4.68 Å². The lowest BCUT2D eigenvalue weighted by Crippen LogP contribution is -2.17. The van der Waals surface area contributed by atoms with E-state index in [0.29, 0.717) is 12.5 Å². The molecule has 1 heterocycles. The molecule has 0 aromatic carbocycles. The molecule has 0 aliphatic heterocycles. The fourth-order valence-electron chi connectivity index (χ4n) is 2.65. The molecule has 1 aliphatic carbocycles. The summed E-state index contributed by atoms with van der Waals surface area (Å²) in [6.07, 6.45) is 7.17. The van der Waals surface area contributed by atoms with Gasteiger partial charge in [0.25, 0.3) is 0 Å². The molecule has 1 aliphatic rings. The van der Waals surface area contributed by atoms with Gasteiger partial charge in [0.05, 0.1) is 6.04 Å². The van der Waals surface area contributed by atoms with Gasteiger partial charge in [0, 0.05) is 26.7 Å². The molecule has 0 radical (unpaired) electrons. The second-order valence-electron chi connectivity index (χ2n) is 5.17. The van der Waals surface area contributed by atoms with E-state index in [1.807, 2.05) is 11.7 Å². The summed E-state index contributed by atoms with van der Waals surface area (Å²) >= 11 is 0. The lowest BCUT2D eigenvalue weighted by atomic mass is 9.89. The van der Waals surface area contributed by atoms with Crippen LogP contribution in [0.4, 0.5) is 0 Å². The lowest BCUT2D eigenvalue weighted by Gasteiger charge is -2.18. The zero-order valence-electron chi connectivity index (χ0n) is 11.4. The first-order valence-corrected chi connectivity index (χ1v) is 6.87. The molecule has 1 saturated carbocycles. The summed E-state index contributed by atoms with van der Waals surface area (Å²) in [5.41, 5.74) is 6.12. The minimum Gasteiger partial charge on any atom is -0.385 e. The van der Waals surface area contributed by atoms with Crippen molar-refractivity contribution in [1.29, 1.82) is 0 Å². The molecule has 2 N–H and O–H groups in total. The summed E-state index contributed by atoms with van der Waals surface area (Å²) in [5, 5.41) is 4.55. The fourth-order valence-corrected chi connectivity index (χ4v) is 2.65. The second kappa shape index (κ2) is 6.29. The predicted molar refractivity (Wildman–Crippen MR) is 70.3 cm³/mol. The number of nitrogens with two attached hydrogens (primary N) is 1. The normalized spacial score (nSPS) is 19.1. The maximum Gasteiger partial charge on any atom is 0.154 e. The summed E-state index contributed by atoms with van der Waals surface area (Å²) in [6, 6.07) is -0.0835. The van der Waals surface area contributed by atoms with Gasteiger partial charge in [0.1, 0.15) is 5.82 Å². The highest BCUT2D eigenvalue weighted by Gasteiger charge is 2.22. The van der Waals surface area contributed by atoms with Crippen LogP contribution < -0.4 is 5.73 Å². The van der Waals surface area contributed by atoms with E-state index >= 15 is 0 Å². The third-order valence-electron chi connectivity index (χ3n) is 3.75. The van der Waals surface area contributed by atoms with Gasteiger partial charge in [0.15, 0.2) is 5.82 Å². The second-order valence-corrected chi connectivity index (χ2v) is 5.17. The van der Waals surface area contributed by atoms with Crippen LogP contribution in [-0.2, 0) is 11.8 Å². The van der Waals surface area contributed by atoms with Crippen molar-refractivity contribution in [2.75, 3.05) is 13.7 Å². The lowest BCUT2D eigenvalue weighted by molar-refractivity contribution is 0.186. The van der Waals surface area contributed by atoms with E-state index in [1.165, 1.54) is 32.1 Å². The van der Waals surface area contributed by atoms with Gasteiger partial charge < -0.3 is 10.5 Å². The van der Waals surface area contributed by atoms with Crippen molar-refractivity contribution in [2.24, 2.45) is 12.8 Å². The molecule has 5 heteroatoms. The summed E-state index contributed by atoms with van der Waals surface area (Å²) in [5.74, 6) is 2.40. The van der Waals surface area contributed by atoms with E-state index in [9.17, 15) is 0 Å². The van der Waals surface area contributed by atoms with E-state index in [1.54, 1.807) is 7.11 Å². The summed E-state index contributed by atoms with van der Waals surface area (Å²) in [7, 11) is 3.62. The van der Waals surface area contributed by atoms with Crippen LogP contribution in [0.3, 0.4) is 0 Å². The number of aryl methyl sites for hydroxylation is 1. The highest BCUT2D eigenvalue weighted by Crippen LogP contribution is 2.31. The summed E-state index contributed by atoms with van der Waals surface area (Å²) in [6.45, 7) is 0.660. The van der Waals surface area contributed by atoms with Crippen molar-refractivity contribution in [3.63, 3.8) is 0 Å². The van der Waals surface area contributed by atoms with Crippen molar-refractivity contribution in [3.8, 4) is 0 Å². The summed E-state index contributed by atoms with van der Waals surface area (Å²) in [4.78, 5) is 4.66. The molecule has 1 fully saturated rings. The fraction of sp³-hybridized carbons (Fsp3) is 0.846. The van der Waals surface area contributed by atoms with Crippen LogP contribution in [0.1, 0.15) is 62.1 Å². The molecular weight excluding hydrogens is 228 g/mol. The first kappa shape index (κ1) is 13.5. The average Bonchev–Trinajstić information content (AvgIpc) is 2.79. The zero-order chi connectivity index (χ0) is 13.0. The minimum absolute atomic E-state index is 0.0835. The van der Waals surface area contributed by atoms with Gasteiger partial charge in [-0.25, -0.2) is 4.98 Å². The number of methoxy groups -OCH3 is 1. The highest BCUT2D eigenvalue weighted by atomic mass is 16.5. The maximum absolute atomic E-state index is 6.12. The third kappa shape index (κ3) is 3.09. The van der Waals surface area contributed by atoms with Crippen molar-refractivity contribution in [3.05, 3.63) is 11.6 Å². The van der Waals surface area contributed by atoms with Crippen molar-refractivity contribution in [1.82, 2.24) is 14.8 Å². The molecule has 2 rings (SSSR count). The quantitative estimate of drug-likeness (QED) is 0.869. The monoisotopic (exact) mass is 252 g/mol. The zero-order valence-corrected chi connectivity index (χ0v) is 11.4. The number of rotatable bonds is 5. The minimum atomic E-state index is -0.0835. The van der Waals surface area contributed by atoms with Gasteiger partial charge in [-0.2, -0.15) is 5.10 Å². The Kier molecular flexibility index (Phi) is 4.72. The molecule has 0 amide bonds. The molecule has 102 valence electrons. The van der Waals surface area contributed by atoms with Crippen LogP contribution in [0.15, 0.2) is 0 Å². The molecule has 18 heavy (non-hydrogen) atoms. The van der Waals surface area contributed by atoms with E-state index in [-0.39, 0.29) is 6.04 Å². The van der Waals surface area contributed by atoms with Crippen molar-refractivity contribution >= 4 is 0 Å². The maximum atomic E-state index is 6.12. The first-order valence-electron chi connectivity index (χ1n) is 6.87. The molecule has 0 saturated heterocycles. The third-order valence-corrected chi connectivity index (χ3v) is 3.75. The van der Waals surface area contributed by atoms with E-state index < -0.39 is 0 Å². The van der Waals surface area contributed by atoms with Gasteiger partial charge in [0.2, 0.25) is 0 Å². The molecule has 1 aromatic rings. The Bertz CT molecular complexity index is 371. The SMILES string of the molecule is COCCC(N)c1nc(C2CCCCC2)nn1C. The van der Waals surface area contributed by atoms with Gasteiger partial charge in [-0.05, 0) is 19.3 Å². The molecule has 5 nitrogen and oxygen atoms in total. The van der Waals surface area contributed by atoms with Crippen LogP contribution >= 0.6 is 0 Å². The van der Waals surface area contributed by atoms with Gasteiger partial charge in [-0.1, -0.05) is 19.3 Å². The Balaban J connectivity index is 2.05. The average molecular weight is 252 g/mol. The van der Waals surface area contributed by atoms with Crippen LogP contribution in [0.5, 0.6) is 0 Å². The smallest absolute Gasteiger partial charge is 0.154 e. The standard InChI is InChI=1S/C13H24N4O/c1-17-13(11(14)8-9-18-2)15-12(16-17)10-6-4-3-5-7-10/h10-11H,3-9,14H2,1-2H3. The van der Waals surface area contributed by atoms with E-state index in [4.69, 9.17) is 10.5 Å². The van der Waals surface area contributed by atoms with Gasteiger partial charge in [-0.15, -0.1) is 0 Å². The van der Waals surface area contributed by atoms with Crippen LogP contribution in [0, 0.1) is 0 Å². The molecule has 0 spiro atoms. The predicted octanol–water partition coefficient (Wildman–Crippen LogP) is 1.90. The van der Waals surface area contributed by atoms with Crippen molar-refractivity contribution in [2.45, 2.75) is 50.5 Å². The Morgan fingerprint density at radius 1 is 1.39 bits per heavy atom. The topological polar surface area (TPSA) is 66.0 Å². The molecule has 1 unspecified atom stereocenters. The van der Waals surface area contributed by atoms with Crippen LogP contribution in [0.25, 0.3) is 0 Å². The number of ether oxygens (including phenoxy) is 1. The largest absolute Gasteiger partial charge is 0.385 e. The van der Waals surface area contributed by atoms with E-state index in [2.05, 4.69) is 10.1 Å². The van der Waals surface area contributed by atoms with Crippen LogP contribution in [0.2, 0.25) is 0 Å². The van der Waals surface area contributed by atoms with Crippen LogP contribution in [-0.4, -0.2) is 28.5 Å². The summed E-state index contributed by atoms with van der Waals surface area (Å²) < 4.78 is 6.90. The highest BCUT2D eigenvalue weighted by molar-refractivity contribution is 5.03. The Labute approximate surface area is 109 Å².